The van der Waals surface area contributed by atoms with Gasteiger partial charge >= 0.3 is 0 Å². The van der Waals surface area contributed by atoms with Crippen LogP contribution in [0, 0.1) is 5.92 Å². The van der Waals surface area contributed by atoms with Gasteiger partial charge in [-0.05, 0) is 25.3 Å². The van der Waals surface area contributed by atoms with E-state index in [1.807, 2.05) is 36.9 Å². The maximum atomic E-state index is 12.7. The molecule has 2 saturated heterocycles. The predicted molar refractivity (Wildman–Crippen MR) is 120 cm³/mol. The highest BCUT2D eigenvalue weighted by Gasteiger charge is 2.27. The normalized spacial score (nSPS) is 19.1. The zero-order valence-corrected chi connectivity index (χ0v) is 17.8. The predicted octanol–water partition coefficient (Wildman–Crippen LogP) is 3.12. The zero-order chi connectivity index (χ0) is 20.1. The van der Waals surface area contributed by atoms with E-state index in [1.165, 1.54) is 0 Å². The van der Waals surface area contributed by atoms with E-state index in [9.17, 15) is 4.79 Å². The van der Waals surface area contributed by atoms with Crippen LogP contribution in [0.4, 0.5) is 11.6 Å². The number of piperidine rings is 1. The van der Waals surface area contributed by atoms with E-state index in [4.69, 9.17) is 0 Å². The third-order valence-corrected chi connectivity index (χ3v) is 6.76. The van der Waals surface area contributed by atoms with Crippen molar-refractivity contribution < 1.29 is 4.79 Å². The first-order valence-electron chi connectivity index (χ1n) is 10.5. The van der Waals surface area contributed by atoms with Gasteiger partial charge in [-0.2, -0.15) is 11.8 Å². The third-order valence-electron chi connectivity index (χ3n) is 5.82. The van der Waals surface area contributed by atoms with Crippen LogP contribution >= 0.6 is 11.8 Å². The number of anilines is 2. The van der Waals surface area contributed by atoms with Crippen molar-refractivity contribution in [3.05, 3.63) is 48.3 Å². The van der Waals surface area contributed by atoms with Crippen LogP contribution in [0.15, 0.2) is 42.7 Å². The molecule has 0 bridgehead atoms. The number of amides is 1. The van der Waals surface area contributed by atoms with Crippen LogP contribution in [0.25, 0.3) is 0 Å². The highest BCUT2D eigenvalue weighted by atomic mass is 32.2. The summed E-state index contributed by atoms with van der Waals surface area (Å²) in [5.74, 6) is 4.53. The fraction of sp³-hybridized carbons (Fsp3) is 0.500. The molecule has 6 nitrogen and oxygen atoms in total. The summed E-state index contributed by atoms with van der Waals surface area (Å²) in [6.45, 7) is 5.84. The Morgan fingerprint density at radius 3 is 2.31 bits per heavy atom. The quantitative estimate of drug-likeness (QED) is 0.816. The average Bonchev–Trinajstić information content (AvgIpc) is 2.80. The molecule has 2 aromatic rings. The van der Waals surface area contributed by atoms with Crippen LogP contribution in [-0.2, 0) is 4.79 Å². The minimum atomic E-state index is 0.0360. The summed E-state index contributed by atoms with van der Waals surface area (Å²) in [5, 5.41) is 3.18. The molecule has 1 N–H and O–H groups in total. The van der Waals surface area contributed by atoms with Crippen LogP contribution in [0.3, 0.4) is 0 Å². The second kappa shape index (κ2) is 9.48. The largest absolute Gasteiger partial charge is 0.356 e. The van der Waals surface area contributed by atoms with Gasteiger partial charge in [0.15, 0.2) is 0 Å². The zero-order valence-electron chi connectivity index (χ0n) is 17.0. The topological polar surface area (TPSA) is 61.4 Å². The van der Waals surface area contributed by atoms with Crippen LogP contribution < -0.4 is 15.1 Å². The van der Waals surface area contributed by atoms with E-state index in [1.54, 1.807) is 6.33 Å². The number of aromatic nitrogens is 2. The summed E-state index contributed by atoms with van der Waals surface area (Å²) in [6.07, 6.45) is 3.38. The fourth-order valence-electron chi connectivity index (χ4n) is 4.00. The molecule has 4 rings (SSSR count). The van der Waals surface area contributed by atoms with Gasteiger partial charge in [0.1, 0.15) is 18.0 Å². The van der Waals surface area contributed by atoms with Crippen molar-refractivity contribution in [2.45, 2.75) is 25.8 Å². The van der Waals surface area contributed by atoms with Crippen molar-refractivity contribution >= 4 is 29.3 Å². The SMILES string of the molecule is CC(NC(=O)C1CCN(c2cc(N3CCSCC3)ncn2)CC1)c1ccccc1. The van der Waals surface area contributed by atoms with Gasteiger partial charge in [-0.25, -0.2) is 9.97 Å². The summed E-state index contributed by atoms with van der Waals surface area (Å²) in [7, 11) is 0. The Hall–Kier alpha value is -2.28. The maximum absolute atomic E-state index is 12.7. The van der Waals surface area contributed by atoms with Crippen LogP contribution in [-0.4, -0.2) is 53.6 Å². The fourth-order valence-corrected chi connectivity index (χ4v) is 4.91. The highest BCUT2D eigenvalue weighted by Crippen LogP contribution is 2.26. The Kier molecular flexibility index (Phi) is 6.54. The van der Waals surface area contributed by atoms with Crippen molar-refractivity contribution in [3.8, 4) is 0 Å². The standard InChI is InChI=1S/C22H29N5OS/c1-17(18-5-3-2-4-6-18)25-22(28)19-7-9-26(10-8-19)20-15-21(24-16-23-20)27-11-13-29-14-12-27/h2-6,15-17,19H,7-14H2,1H3,(H,25,28). The Balaban J connectivity index is 1.31. The average molecular weight is 412 g/mol. The lowest BCUT2D eigenvalue weighted by Gasteiger charge is -2.33. The first kappa shape index (κ1) is 20.0. The van der Waals surface area contributed by atoms with Gasteiger partial charge < -0.3 is 15.1 Å². The first-order chi connectivity index (χ1) is 14.2. The number of carbonyl (C=O) groups excluding carboxylic acids is 1. The van der Waals surface area contributed by atoms with Crippen LogP contribution in [0.1, 0.15) is 31.4 Å². The Bertz CT molecular complexity index is 804. The number of nitrogens with zero attached hydrogens (tertiary/aromatic N) is 4. The van der Waals surface area contributed by atoms with E-state index in [-0.39, 0.29) is 17.9 Å². The molecule has 2 aliphatic rings. The molecule has 0 saturated carbocycles. The number of hydrogen-bond donors (Lipinski definition) is 1. The summed E-state index contributed by atoms with van der Waals surface area (Å²) in [6, 6.07) is 12.3. The Morgan fingerprint density at radius 2 is 1.66 bits per heavy atom. The number of hydrogen-bond acceptors (Lipinski definition) is 6. The van der Waals surface area contributed by atoms with Gasteiger partial charge in [0.2, 0.25) is 5.91 Å². The van der Waals surface area contributed by atoms with E-state index in [0.29, 0.717) is 0 Å². The summed E-state index contributed by atoms with van der Waals surface area (Å²) in [5.41, 5.74) is 1.14. The second-order valence-electron chi connectivity index (χ2n) is 7.74. The van der Waals surface area contributed by atoms with E-state index >= 15 is 0 Å². The Labute approximate surface area is 177 Å². The molecule has 0 aliphatic carbocycles. The minimum absolute atomic E-state index is 0.0360. The van der Waals surface area contributed by atoms with E-state index in [0.717, 1.165) is 67.7 Å². The minimum Gasteiger partial charge on any atom is -0.356 e. The lowest BCUT2D eigenvalue weighted by molar-refractivity contribution is -0.126. The van der Waals surface area contributed by atoms with Gasteiger partial charge in [0.25, 0.3) is 0 Å². The van der Waals surface area contributed by atoms with Gasteiger partial charge in [0.05, 0.1) is 6.04 Å². The number of nitrogens with one attached hydrogen (secondary N) is 1. The molecular formula is C22H29N5OS. The van der Waals surface area contributed by atoms with Crippen molar-refractivity contribution in [2.24, 2.45) is 5.92 Å². The maximum Gasteiger partial charge on any atom is 0.223 e. The molecule has 1 aromatic heterocycles. The summed E-state index contributed by atoms with van der Waals surface area (Å²) < 4.78 is 0. The number of benzene rings is 1. The van der Waals surface area contributed by atoms with Crippen molar-refractivity contribution in [1.82, 2.24) is 15.3 Å². The van der Waals surface area contributed by atoms with Gasteiger partial charge in [-0.3, -0.25) is 4.79 Å². The molecule has 7 heteroatoms. The summed E-state index contributed by atoms with van der Waals surface area (Å²) in [4.78, 5) is 26.3. The molecule has 1 aromatic carbocycles. The second-order valence-corrected chi connectivity index (χ2v) is 8.96. The third kappa shape index (κ3) is 5.01. The molecule has 2 aliphatic heterocycles. The molecule has 1 unspecified atom stereocenters. The van der Waals surface area contributed by atoms with Crippen LogP contribution in [0.5, 0.6) is 0 Å². The Morgan fingerprint density at radius 1 is 1.03 bits per heavy atom. The first-order valence-corrected chi connectivity index (χ1v) is 11.6. The molecule has 0 radical (unpaired) electrons. The van der Waals surface area contributed by atoms with E-state index in [2.05, 4.69) is 43.3 Å². The number of rotatable bonds is 5. The lowest BCUT2D eigenvalue weighted by Crippen LogP contribution is -2.41. The van der Waals surface area contributed by atoms with Crippen molar-refractivity contribution in [1.29, 1.82) is 0 Å². The molecule has 3 heterocycles. The van der Waals surface area contributed by atoms with Gasteiger partial charge in [-0.15, -0.1) is 0 Å². The highest BCUT2D eigenvalue weighted by molar-refractivity contribution is 7.99. The molecular weight excluding hydrogens is 382 g/mol. The molecule has 29 heavy (non-hydrogen) atoms. The molecule has 154 valence electrons. The van der Waals surface area contributed by atoms with E-state index < -0.39 is 0 Å². The van der Waals surface area contributed by atoms with Gasteiger partial charge in [-0.1, -0.05) is 30.3 Å². The van der Waals surface area contributed by atoms with Crippen molar-refractivity contribution in [2.75, 3.05) is 47.5 Å². The molecule has 0 spiro atoms. The lowest BCUT2D eigenvalue weighted by atomic mass is 9.95. The summed E-state index contributed by atoms with van der Waals surface area (Å²) >= 11 is 2.00. The number of thioether (sulfide) groups is 1. The molecule has 2 fully saturated rings. The smallest absolute Gasteiger partial charge is 0.223 e. The number of carbonyl (C=O) groups is 1. The van der Waals surface area contributed by atoms with Gasteiger partial charge in [0, 0.05) is 49.7 Å². The van der Waals surface area contributed by atoms with Crippen LogP contribution in [0.2, 0.25) is 0 Å². The molecule has 1 atom stereocenters. The monoisotopic (exact) mass is 411 g/mol. The molecule has 1 amide bonds. The van der Waals surface area contributed by atoms with Crippen molar-refractivity contribution in [3.63, 3.8) is 0 Å².